The molecule has 0 radical (unpaired) electrons. The highest BCUT2D eigenvalue weighted by atomic mass is 16.3. The van der Waals surface area contributed by atoms with Crippen molar-refractivity contribution in [3.05, 3.63) is 143 Å². The van der Waals surface area contributed by atoms with Gasteiger partial charge in [-0.25, -0.2) is 0 Å². The first-order valence-corrected chi connectivity index (χ1v) is 16.1. The van der Waals surface area contributed by atoms with Crippen molar-refractivity contribution in [2.45, 2.75) is 62.8 Å². The van der Waals surface area contributed by atoms with Crippen molar-refractivity contribution >= 4 is 11.8 Å². The van der Waals surface area contributed by atoms with E-state index in [0.29, 0.717) is 19.3 Å². The lowest BCUT2D eigenvalue weighted by Crippen LogP contribution is -2.43. The maximum Gasteiger partial charge on any atom is 0.226 e. The van der Waals surface area contributed by atoms with E-state index in [0.717, 1.165) is 40.7 Å². The molecule has 0 saturated carbocycles. The molecule has 1 unspecified atom stereocenters. The fraction of sp³-hybridized carbons (Fsp3) is 0.333. The first-order valence-electron chi connectivity index (χ1n) is 16.1. The standard InChI is InChI=1S/C39H42N2O4/c42-34(26-41-33(22-29-16-8-3-9-17-29)23-32(39(41)45)21-28-14-6-2-7-15-28)24-31(20-27-12-4-1-5-13-27)38(44)40-37-35-19-11-10-18-30(35)25-36(37)43/h1-19,31-34,36-37,42-43H,20-26H2,(H,40,44)/t31-,32+,33-,34-,36+,37?/m0/s1. The van der Waals surface area contributed by atoms with E-state index in [1.54, 1.807) is 0 Å². The summed E-state index contributed by atoms with van der Waals surface area (Å²) in [6.45, 7) is 0.176. The Balaban J connectivity index is 1.18. The Morgan fingerprint density at radius 3 is 2.04 bits per heavy atom. The molecule has 4 aromatic rings. The van der Waals surface area contributed by atoms with Crippen LogP contribution in [0.1, 0.15) is 46.7 Å². The van der Waals surface area contributed by atoms with Gasteiger partial charge in [-0.3, -0.25) is 9.59 Å². The molecule has 1 saturated heterocycles. The molecule has 6 rings (SSSR count). The highest BCUT2D eigenvalue weighted by molar-refractivity contribution is 5.82. The predicted octanol–water partition coefficient (Wildman–Crippen LogP) is 5.07. The Kier molecular flexibility index (Phi) is 9.72. The average molecular weight is 603 g/mol. The highest BCUT2D eigenvalue weighted by Gasteiger charge is 2.41. The lowest BCUT2D eigenvalue weighted by molar-refractivity contribution is -0.133. The van der Waals surface area contributed by atoms with Gasteiger partial charge in [0, 0.05) is 30.8 Å². The molecule has 45 heavy (non-hydrogen) atoms. The minimum Gasteiger partial charge on any atom is -0.391 e. The van der Waals surface area contributed by atoms with E-state index in [9.17, 15) is 19.8 Å². The predicted molar refractivity (Wildman–Crippen MR) is 175 cm³/mol. The molecule has 2 aliphatic rings. The summed E-state index contributed by atoms with van der Waals surface area (Å²) in [6.07, 6.45) is 1.68. The molecular formula is C39H42N2O4. The first-order chi connectivity index (χ1) is 21.9. The van der Waals surface area contributed by atoms with E-state index >= 15 is 0 Å². The van der Waals surface area contributed by atoms with Crippen molar-refractivity contribution in [1.82, 2.24) is 10.2 Å². The summed E-state index contributed by atoms with van der Waals surface area (Å²) in [6, 6.07) is 37.4. The molecule has 1 aliphatic heterocycles. The van der Waals surface area contributed by atoms with Gasteiger partial charge < -0.3 is 20.4 Å². The van der Waals surface area contributed by atoms with Gasteiger partial charge in [-0.1, -0.05) is 115 Å². The molecule has 6 heteroatoms. The summed E-state index contributed by atoms with van der Waals surface area (Å²) in [5.74, 6) is -0.823. The zero-order valence-electron chi connectivity index (χ0n) is 25.5. The summed E-state index contributed by atoms with van der Waals surface area (Å²) in [5.41, 5.74) is 5.27. The topological polar surface area (TPSA) is 89.9 Å². The van der Waals surface area contributed by atoms with Crippen molar-refractivity contribution in [2.24, 2.45) is 11.8 Å². The Bertz CT molecular complexity index is 1560. The van der Waals surface area contributed by atoms with Gasteiger partial charge in [0.25, 0.3) is 0 Å². The third-order valence-corrected chi connectivity index (χ3v) is 9.43. The van der Waals surface area contributed by atoms with Crippen molar-refractivity contribution in [2.75, 3.05) is 6.54 Å². The number of nitrogens with zero attached hydrogens (tertiary/aromatic N) is 1. The van der Waals surface area contributed by atoms with Crippen molar-refractivity contribution in [3.8, 4) is 0 Å². The van der Waals surface area contributed by atoms with Crippen LogP contribution < -0.4 is 5.32 Å². The molecule has 6 atom stereocenters. The van der Waals surface area contributed by atoms with E-state index in [1.165, 1.54) is 0 Å². The van der Waals surface area contributed by atoms with Crippen LogP contribution in [0.4, 0.5) is 0 Å². The summed E-state index contributed by atoms with van der Waals surface area (Å²) < 4.78 is 0. The van der Waals surface area contributed by atoms with Gasteiger partial charge in [0.1, 0.15) is 0 Å². The third-order valence-electron chi connectivity index (χ3n) is 9.43. The Morgan fingerprint density at radius 2 is 1.38 bits per heavy atom. The number of hydrogen-bond acceptors (Lipinski definition) is 4. The molecule has 1 aliphatic carbocycles. The number of fused-ring (bicyclic) bond motifs is 1. The maximum atomic E-state index is 13.8. The van der Waals surface area contributed by atoms with E-state index in [1.807, 2.05) is 95.9 Å². The molecule has 6 nitrogen and oxygen atoms in total. The summed E-state index contributed by atoms with van der Waals surface area (Å²) in [5, 5.41) is 25.4. The van der Waals surface area contributed by atoms with Gasteiger partial charge in [0.2, 0.25) is 11.8 Å². The smallest absolute Gasteiger partial charge is 0.226 e. The number of benzene rings is 4. The molecule has 0 spiro atoms. The van der Waals surface area contributed by atoms with Crippen LogP contribution in [0.3, 0.4) is 0 Å². The van der Waals surface area contributed by atoms with Crippen LogP contribution in [0, 0.1) is 11.8 Å². The largest absolute Gasteiger partial charge is 0.391 e. The van der Waals surface area contributed by atoms with E-state index < -0.39 is 24.2 Å². The fourth-order valence-corrected chi connectivity index (χ4v) is 7.19. The zero-order valence-corrected chi connectivity index (χ0v) is 25.5. The number of nitrogens with one attached hydrogen (secondary N) is 1. The SMILES string of the molecule is O=C(NC1c2ccccc2C[C@H]1O)[C@@H](Cc1ccccc1)C[C@H](O)CN1C(=O)[C@H](Cc2ccccc2)C[C@@H]1Cc1ccccc1. The normalized spacial score (nSPS) is 22.2. The number of aliphatic hydroxyl groups is 2. The Morgan fingerprint density at radius 1 is 0.800 bits per heavy atom. The molecule has 3 N–H and O–H groups in total. The van der Waals surface area contributed by atoms with Crippen LogP contribution in [0.15, 0.2) is 115 Å². The summed E-state index contributed by atoms with van der Waals surface area (Å²) >= 11 is 0. The van der Waals surface area contributed by atoms with Crippen LogP contribution in [-0.4, -0.2) is 51.7 Å². The average Bonchev–Trinajstić information content (AvgIpc) is 3.52. The quantitative estimate of drug-likeness (QED) is 0.211. The van der Waals surface area contributed by atoms with Crippen molar-refractivity contribution in [1.29, 1.82) is 0 Å². The molecule has 2 amide bonds. The second-order valence-electron chi connectivity index (χ2n) is 12.7. The van der Waals surface area contributed by atoms with Gasteiger partial charge in [0.05, 0.1) is 18.2 Å². The molecule has 1 heterocycles. The van der Waals surface area contributed by atoms with Gasteiger partial charge in [-0.2, -0.15) is 0 Å². The number of β-amino-alcohol motifs (C(OH)–C–C–N with tert-alkyl or cyclic N) is 1. The molecule has 232 valence electrons. The van der Waals surface area contributed by atoms with E-state index in [-0.39, 0.29) is 36.7 Å². The van der Waals surface area contributed by atoms with Crippen LogP contribution >= 0.6 is 0 Å². The van der Waals surface area contributed by atoms with Crippen LogP contribution in [0.25, 0.3) is 0 Å². The number of likely N-dealkylation sites (tertiary alicyclic amines) is 1. The third kappa shape index (κ3) is 7.52. The first kappa shape index (κ1) is 30.8. The second kappa shape index (κ2) is 14.2. The lowest BCUT2D eigenvalue weighted by atomic mass is 9.91. The molecule has 4 aromatic carbocycles. The number of hydrogen-bond donors (Lipinski definition) is 3. The minimum atomic E-state index is -0.886. The zero-order chi connectivity index (χ0) is 31.2. The van der Waals surface area contributed by atoms with E-state index in [4.69, 9.17) is 0 Å². The second-order valence-corrected chi connectivity index (χ2v) is 12.7. The Labute approximate surface area is 265 Å². The highest BCUT2D eigenvalue weighted by Crippen LogP contribution is 2.33. The molecular weight excluding hydrogens is 560 g/mol. The fourth-order valence-electron chi connectivity index (χ4n) is 7.19. The van der Waals surface area contributed by atoms with Crippen molar-refractivity contribution in [3.63, 3.8) is 0 Å². The molecule has 1 fully saturated rings. The van der Waals surface area contributed by atoms with Gasteiger partial charge >= 0.3 is 0 Å². The van der Waals surface area contributed by atoms with Gasteiger partial charge in [-0.15, -0.1) is 0 Å². The van der Waals surface area contributed by atoms with Crippen LogP contribution in [0.2, 0.25) is 0 Å². The summed E-state index contributed by atoms with van der Waals surface area (Å²) in [7, 11) is 0. The van der Waals surface area contributed by atoms with Gasteiger partial charge in [0.15, 0.2) is 0 Å². The van der Waals surface area contributed by atoms with E-state index in [2.05, 4.69) is 29.6 Å². The number of amides is 2. The molecule has 0 bridgehead atoms. The van der Waals surface area contributed by atoms with Crippen LogP contribution in [-0.2, 0) is 35.3 Å². The number of rotatable bonds is 12. The number of carbonyl (C=O) groups excluding carboxylic acids is 2. The van der Waals surface area contributed by atoms with Crippen LogP contribution in [0.5, 0.6) is 0 Å². The van der Waals surface area contributed by atoms with Gasteiger partial charge in [-0.05, 0) is 59.9 Å². The number of carbonyl (C=O) groups is 2. The monoisotopic (exact) mass is 602 g/mol. The summed E-state index contributed by atoms with van der Waals surface area (Å²) in [4.78, 5) is 29.6. The number of aliphatic hydroxyl groups excluding tert-OH is 2. The minimum absolute atomic E-state index is 0.0326. The lowest BCUT2D eigenvalue weighted by Gasteiger charge is -2.29. The maximum absolute atomic E-state index is 13.8. The Hall–Kier alpha value is -4.26. The molecule has 0 aromatic heterocycles. The van der Waals surface area contributed by atoms with Crippen molar-refractivity contribution < 1.29 is 19.8 Å².